The molecule has 0 spiro atoms. The van der Waals surface area contributed by atoms with Crippen molar-refractivity contribution in [2.24, 2.45) is 0 Å². The molecule has 0 aliphatic carbocycles. The minimum Gasteiger partial charge on any atom is -0.368 e. The van der Waals surface area contributed by atoms with Gasteiger partial charge in [-0.3, -0.25) is 0 Å². The lowest BCUT2D eigenvalue weighted by Gasteiger charge is -2.36. The molecule has 0 amide bonds. The SMILES string of the molecule is Cc1nc2nnc(-c3ccnc(N4CCN(c5ccccc5)CC4)n3)c(C)n2n1. The first-order valence-electron chi connectivity index (χ1n) is 9.64. The highest BCUT2D eigenvalue weighted by molar-refractivity contribution is 5.59. The van der Waals surface area contributed by atoms with Crippen LogP contribution in [0.3, 0.4) is 0 Å². The van der Waals surface area contributed by atoms with Crippen molar-refractivity contribution in [3.05, 3.63) is 54.1 Å². The van der Waals surface area contributed by atoms with Gasteiger partial charge in [0.15, 0.2) is 0 Å². The second kappa shape index (κ2) is 7.08. The van der Waals surface area contributed by atoms with Gasteiger partial charge in [0.05, 0.1) is 11.4 Å². The minimum atomic E-state index is 0.495. The standard InChI is InChI=1S/C20H21N9/c1-14-18(24-25-20-22-15(2)26-29(14)20)17-8-9-21-19(23-17)28-12-10-27(11-13-28)16-6-4-3-5-7-16/h3-9H,10-13H2,1-2H3. The van der Waals surface area contributed by atoms with E-state index in [1.54, 1.807) is 10.7 Å². The molecule has 0 radical (unpaired) electrons. The van der Waals surface area contributed by atoms with Gasteiger partial charge >= 0.3 is 0 Å². The topological polar surface area (TPSA) is 88.2 Å². The Morgan fingerprint density at radius 2 is 1.59 bits per heavy atom. The summed E-state index contributed by atoms with van der Waals surface area (Å²) in [5.41, 5.74) is 3.54. The van der Waals surface area contributed by atoms with Crippen LogP contribution in [0.15, 0.2) is 42.6 Å². The van der Waals surface area contributed by atoms with Gasteiger partial charge < -0.3 is 9.80 Å². The molecule has 0 unspecified atom stereocenters. The zero-order valence-electron chi connectivity index (χ0n) is 16.4. The first-order chi connectivity index (χ1) is 14.2. The fraction of sp³-hybridized carbons (Fsp3) is 0.300. The highest BCUT2D eigenvalue weighted by Gasteiger charge is 2.20. The van der Waals surface area contributed by atoms with E-state index in [1.807, 2.05) is 26.0 Å². The van der Waals surface area contributed by atoms with Crippen LogP contribution < -0.4 is 9.80 Å². The van der Waals surface area contributed by atoms with Crippen molar-refractivity contribution in [1.29, 1.82) is 0 Å². The third-order valence-corrected chi connectivity index (χ3v) is 5.17. The van der Waals surface area contributed by atoms with Crippen molar-refractivity contribution in [3.8, 4) is 11.4 Å². The summed E-state index contributed by atoms with van der Waals surface area (Å²) < 4.78 is 1.71. The van der Waals surface area contributed by atoms with Crippen molar-refractivity contribution in [1.82, 2.24) is 34.8 Å². The average molecular weight is 387 g/mol. The molecule has 1 saturated heterocycles. The van der Waals surface area contributed by atoms with E-state index in [0.29, 0.717) is 23.2 Å². The number of aryl methyl sites for hydroxylation is 2. The Bertz CT molecular complexity index is 1150. The second-order valence-corrected chi connectivity index (χ2v) is 7.06. The van der Waals surface area contributed by atoms with Crippen molar-refractivity contribution < 1.29 is 0 Å². The first-order valence-corrected chi connectivity index (χ1v) is 9.64. The van der Waals surface area contributed by atoms with E-state index in [2.05, 4.69) is 59.3 Å². The maximum atomic E-state index is 4.77. The number of aromatic nitrogens is 7. The molecule has 29 heavy (non-hydrogen) atoms. The van der Waals surface area contributed by atoms with Gasteiger partial charge in [0, 0.05) is 38.1 Å². The van der Waals surface area contributed by atoms with Crippen LogP contribution in [-0.4, -0.2) is 60.9 Å². The van der Waals surface area contributed by atoms with Crippen LogP contribution >= 0.6 is 0 Å². The fourth-order valence-corrected chi connectivity index (χ4v) is 3.63. The number of hydrogen-bond acceptors (Lipinski definition) is 8. The number of piperazine rings is 1. The van der Waals surface area contributed by atoms with Gasteiger partial charge in [-0.25, -0.2) is 9.97 Å². The second-order valence-electron chi connectivity index (χ2n) is 7.06. The van der Waals surface area contributed by atoms with Crippen molar-refractivity contribution in [2.45, 2.75) is 13.8 Å². The highest BCUT2D eigenvalue weighted by Crippen LogP contribution is 2.22. The number of fused-ring (bicyclic) bond motifs is 1. The van der Waals surface area contributed by atoms with Gasteiger partial charge in [-0.1, -0.05) is 18.2 Å². The molecule has 1 aromatic carbocycles. The maximum absolute atomic E-state index is 4.77. The zero-order chi connectivity index (χ0) is 19.8. The summed E-state index contributed by atoms with van der Waals surface area (Å²) in [4.78, 5) is 18.1. The molecule has 1 fully saturated rings. The first kappa shape index (κ1) is 17.5. The van der Waals surface area contributed by atoms with Crippen LogP contribution in [-0.2, 0) is 0 Å². The molecule has 9 nitrogen and oxygen atoms in total. The van der Waals surface area contributed by atoms with E-state index in [4.69, 9.17) is 4.98 Å². The van der Waals surface area contributed by atoms with E-state index in [1.165, 1.54) is 5.69 Å². The molecular formula is C20H21N9. The smallest absolute Gasteiger partial charge is 0.272 e. The summed E-state index contributed by atoms with van der Waals surface area (Å²) >= 11 is 0. The molecule has 0 N–H and O–H groups in total. The summed E-state index contributed by atoms with van der Waals surface area (Å²) in [5.74, 6) is 1.88. The third-order valence-electron chi connectivity index (χ3n) is 5.17. The third kappa shape index (κ3) is 3.24. The Morgan fingerprint density at radius 1 is 0.828 bits per heavy atom. The molecule has 4 aromatic rings. The molecule has 146 valence electrons. The molecule has 4 heterocycles. The van der Waals surface area contributed by atoms with E-state index in [0.717, 1.165) is 37.6 Å². The molecule has 3 aromatic heterocycles. The molecule has 0 bridgehead atoms. The molecule has 0 atom stereocenters. The minimum absolute atomic E-state index is 0.495. The summed E-state index contributed by atoms with van der Waals surface area (Å²) in [6.07, 6.45) is 1.78. The molecule has 9 heteroatoms. The molecule has 1 aliphatic rings. The molecule has 5 rings (SSSR count). The lowest BCUT2D eigenvalue weighted by Crippen LogP contribution is -2.47. The predicted molar refractivity (Wildman–Crippen MR) is 110 cm³/mol. The van der Waals surface area contributed by atoms with Crippen LogP contribution in [0, 0.1) is 13.8 Å². The summed E-state index contributed by atoms with van der Waals surface area (Å²) in [6.45, 7) is 7.38. The van der Waals surface area contributed by atoms with Gasteiger partial charge in [-0.15, -0.1) is 15.3 Å². The Labute approximate surface area is 168 Å². The van der Waals surface area contributed by atoms with Crippen LogP contribution in [0.2, 0.25) is 0 Å². The number of anilines is 2. The summed E-state index contributed by atoms with van der Waals surface area (Å²) in [7, 11) is 0. The zero-order valence-corrected chi connectivity index (χ0v) is 16.4. The Morgan fingerprint density at radius 3 is 2.38 bits per heavy atom. The summed E-state index contributed by atoms with van der Waals surface area (Å²) in [5, 5.41) is 12.9. The number of rotatable bonds is 3. The summed E-state index contributed by atoms with van der Waals surface area (Å²) in [6, 6.07) is 12.3. The number of nitrogens with zero attached hydrogens (tertiary/aromatic N) is 9. The van der Waals surface area contributed by atoms with Crippen molar-refractivity contribution >= 4 is 17.4 Å². The van der Waals surface area contributed by atoms with Gasteiger partial charge in [0.1, 0.15) is 11.5 Å². The van der Waals surface area contributed by atoms with Crippen molar-refractivity contribution in [3.63, 3.8) is 0 Å². The predicted octanol–water partition coefficient (Wildman–Crippen LogP) is 1.92. The largest absolute Gasteiger partial charge is 0.368 e. The number of para-hydroxylation sites is 1. The van der Waals surface area contributed by atoms with Gasteiger partial charge in [0.2, 0.25) is 5.95 Å². The fourth-order valence-electron chi connectivity index (χ4n) is 3.63. The Kier molecular flexibility index (Phi) is 4.27. The number of hydrogen-bond donors (Lipinski definition) is 0. The Balaban J connectivity index is 1.39. The van der Waals surface area contributed by atoms with Crippen LogP contribution in [0.25, 0.3) is 17.2 Å². The highest BCUT2D eigenvalue weighted by atomic mass is 15.4. The van der Waals surface area contributed by atoms with E-state index >= 15 is 0 Å². The maximum Gasteiger partial charge on any atom is 0.272 e. The monoisotopic (exact) mass is 387 g/mol. The Hall–Kier alpha value is -3.62. The lowest BCUT2D eigenvalue weighted by atomic mass is 10.2. The van der Waals surface area contributed by atoms with E-state index < -0.39 is 0 Å². The van der Waals surface area contributed by atoms with Crippen LogP contribution in [0.4, 0.5) is 11.6 Å². The van der Waals surface area contributed by atoms with Gasteiger partial charge in [-0.2, -0.15) is 9.50 Å². The number of benzene rings is 1. The van der Waals surface area contributed by atoms with E-state index in [-0.39, 0.29) is 0 Å². The molecule has 0 saturated carbocycles. The quantitative estimate of drug-likeness (QED) is 0.527. The average Bonchev–Trinajstić information content (AvgIpc) is 3.16. The van der Waals surface area contributed by atoms with Crippen molar-refractivity contribution in [2.75, 3.05) is 36.0 Å². The van der Waals surface area contributed by atoms with Crippen LogP contribution in [0.5, 0.6) is 0 Å². The van der Waals surface area contributed by atoms with Gasteiger partial charge in [0.25, 0.3) is 5.78 Å². The lowest BCUT2D eigenvalue weighted by molar-refractivity contribution is 0.640. The van der Waals surface area contributed by atoms with E-state index in [9.17, 15) is 0 Å². The molecular weight excluding hydrogens is 366 g/mol. The normalized spacial score (nSPS) is 14.6. The molecule has 1 aliphatic heterocycles. The van der Waals surface area contributed by atoms with Gasteiger partial charge in [-0.05, 0) is 32.0 Å². The van der Waals surface area contributed by atoms with Crippen LogP contribution in [0.1, 0.15) is 11.5 Å².